The van der Waals surface area contributed by atoms with Gasteiger partial charge in [0.05, 0.1) is 5.69 Å². The highest BCUT2D eigenvalue weighted by Crippen LogP contribution is 2.34. The topological polar surface area (TPSA) is 82.5 Å². The number of anilines is 1. The van der Waals surface area contributed by atoms with Crippen LogP contribution >= 0.6 is 11.3 Å². The molecule has 1 atom stereocenters. The molecule has 1 aromatic heterocycles. The summed E-state index contributed by atoms with van der Waals surface area (Å²) in [7, 11) is 0. The van der Waals surface area contributed by atoms with Crippen LogP contribution in [0.2, 0.25) is 0 Å². The van der Waals surface area contributed by atoms with E-state index in [9.17, 15) is 14.7 Å². The number of carbonyl (C=O) groups is 2. The van der Waals surface area contributed by atoms with Crippen molar-refractivity contribution in [1.82, 2.24) is 10.3 Å². The normalized spacial score (nSPS) is 11.5. The molecule has 7 heteroatoms. The number of benzene rings is 4. The third kappa shape index (κ3) is 7.26. The van der Waals surface area contributed by atoms with Crippen LogP contribution in [0.3, 0.4) is 0 Å². The van der Waals surface area contributed by atoms with Gasteiger partial charge < -0.3 is 15.3 Å². The van der Waals surface area contributed by atoms with Crippen molar-refractivity contribution in [2.75, 3.05) is 4.90 Å². The van der Waals surface area contributed by atoms with Gasteiger partial charge in [0, 0.05) is 35.5 Å². The predicted octanol–water partition coefficient (Wildman–Crippen LogP) is 6.75. The molecule has 1 heterocycles. The summed E-state index contributed by atoms with van der Waals surface area (Å²) in [5.74, 6) is -1.48. The SMILES string of the molecule is Cc1sc(N(Cc2ccccc2)Cc2ccc(C(=O)NC(Cc3ccccc3)C(=O)O)cc2)nc1-c1ccccc1. The van der Waals surface area contributed by atoms with Crippen LogP contribution in [0.4, 0.5) is 5.13 Å². The van der Waals surface area contributed by atoms with Crippen LogP contribution in [0, 0.1) is 6.92 Å². The second kappa shape index (κ2) is 13.1. The van der Waals surface area contributed by atoms with E-state index in [0.29, 0.717) is 18.7 Å². The molecule has 6 nitrogen and oxygen atoms in total. The lowest BCUT2D eigenvalue weighted by molar-refractivity contribution is -0.139. The summed E-state index contributed by atoms with van der Waals surface area (Å²) in [5, 5.41) is 13.3. The van der Waals surface area contributed by atoms with Gasteiger partial charge in [0.25, 0.3) is 5.91 Å². The number of aromatic nitrogens is 1. The maximum atomic E-state index is 12.9. The minimum atomic E-state index is -1.07. The molecule has 0 fully saturated rings. The summed E-state index contributed by atoms with van der Waals surface area (Å²) in [6.07, 6.45) is 0.215. The molecule has 5 rings (SSSR count). The van der Waals surface area contributed by atoms with Crippen LogP contribution in [-0.2, 0) is 24.3 Å². The first-order valence-corrected chi connectivity index (χ1v) is 14.3. The zero-order valence-corrected chi connectivity index (χ0v) is 23.6. The van der Waals surface area contributed by atoms with Crippen molar-refractivity contribution >= 4 is 28.3 Å². The number of carboxylic acid groups (broad SMARTS) is 1. The van der Waals surface area contributed by atoms with E-state index in [1.807, 2.05) is 78.9 Å². The molecule has 0 spiro atoms. The predicted molar refractivity (Wildman–Crippen MR) is 164 cm³/mol. The van der Waals surface area contributed by atoms with Crippen molar-refractivity contribution < 1.29 is 14.7 Å². The molecule has 2 N–H and O–H groups in total. The van der Waals surface area contributed by atoms with Gasteiger partial charge in [0.2, 0.25) is 0 Å². The molecule has 4 aromatic carbocycles. The first-order valence-electron chi connectivity index (χ1n) is 13.4. The Morgan fingerprint density at radius 1 is 0.780 bits per heavy atom. The highest BCUT2D eigenvalue weighted by atomic mass is 32.1. The van der Waals surface area contributed by atoms with E-state index in [-0.39, 0.29) is 6.42 Å². The highest BCUT2D eigenvalue weighted by molar-refractivity contribution is 7.16. The fraction of sp³-hybridized carbons (Fsp3) is 0.147. The van der Waals surface area contributed by atoms with Crippen LogP contribution in [-0.4, -0.2) is 28.0 Å². The molecule has 0 saturated carbocycles. The number of hydrogen-bond donors (Lipinski definition) is 2. The second-order valence-electron chi connectivity index (χ2n) is 9.86. The Morgan fingerprint density at radius 3 is 1.90 bits per heavy atom. The van der Waals surface area contributed by atoms with E-state index in [2.05, 4.69) is 41.4 Å². The van der Waals surface area contributed by atoms with Crippen LogP contribution in [0.5, 0.6) is 0 Å². The Bertz CT molecular complexity index is 1590. The van der Waals surface area contributed by atoms with Crippen molar-refractivity contribution in [3.63, 3.8) is 0 Å². The summed E-state index contributed by atoms with van der Waals surface area (Å²) < 4.78 is 0. The minimum Gasteiger partial charge on any atom is -0.480 e. The number of aliphatic carboxylic acids is 1. The molecule has 0 saturated heterocycles. The fourth-order valence-electron chi connectivity index (χ4n) is 4.65. The molecular formula is C34H31N3O3S. The average molecular weight is 562 g/mol. The Balaban J connectivity index is 1.33. The quantitative estimate of drug-likeness (QED) is 0.186. The van der Waals surface area contributed by atoms with Gasteiger partial charge in [-0.3, -0.25) is 4.79 Å². The monoisotopic (exact) mass is 561 g/mol. The molecule has 1 unspecified atom stereocenters. The van der Waals surface area contributed by atoms with Gasteiger partial charge in [-0.15, -0.1) is 11.3 Å². The van der Waals surface area contributed by atoms with E-state index in [1.165, 1.54) is 5.56 Å². The largest absolute Gasteiger partial charge is 0.480 e. The molecule has 206 valence electrons. The Labute approximate surface area is 244 Å². The Kier molecular flexibility index (Phi) is 8.86. The summed E-state index contributed by atoms with van der Waals surface area (Å²) in [5.41, 5.74) is 5.54. The minimum absolute atomic E-state index is 0.215. The summed E-state index contributed by atoms with van der Waals surface area (Å²) in [6, 6.07) is 36.1. The molecule has 0 bridgehead atoms. The van der Waals surface area contributed by atoms with Gasteiger partial charge in [-0.05, 0) is 35.7 Å². The van der Waals surface area contributed by atoms with E-state index in [1.54, 1.807) is 23.5 Å². The maximum Gasteiger partial charge on any atom is 0.326 e. The van der Waals surface area contributed by atoms with Crippen molar-refractivity contribution in [3.8, 4) is 11.3 Å². The lowest BCUT2D eigenvalue weighted by atomic mass is 10.1. The van der Waals surface area contributed by atoms with E-state index < -0.39 is 17.9 Å². The van der Waals surface area contributed by atoms with Crippen LogP contribution in [0.1, 0.15) is 31.9 Å². The second-order valence-corrected chi connectivity index (χ2v) is 11.0. The van der Waals surface area contributed by atoms with Crippen LogP contribution in [0.15, 0.2) is 115 Å². The number of nitrogens with zero attached hydrogens (tertiary/aromatic N) is 2. The standard InChI is InChI=1S/C34H31N3O3S/c1-24-31(28-15-9-4-10-16-28)36-34(41-24)37(22-26-13-7-3-8-14-26)23-27-17-19-29(20-18-27)32(38)35-30(33(39)40)21-25-11-5-2-6-12-25/h2-20,30H,21-23H2,1H3,(H,35,38)(H,39,40). The summed E-state index contributed by atoms with van der Waals surface area (Å²) >= 11 is 1.67. The van der Waals surface area contributed by atoms with Crippen LogP contribution in [0.25, 0.3) is 11.3 Å². The van der Waals surface area contributed by atoms with E-state index >= 15 is 0 Å². The molecule has 0 aliphatic heterocycles. The number of hydrogen-bond acceptors (Lipinski definition) is 5. The van der Waals surface area contributed by atoms with Gasteiger partial charge >= 0.3 is 5.97 Å². The fourth-order valence-corrected chi connectivity index (χ4v) is 5.58. The molecule has 41 heavy (non-hydrogen) atoms. The van der Waals surface area contributed by atoms with E-state index in [4.69, 9.17) is 4.98 Å². The van der Waals surface area contributed by atoms with Gasteiger partial charge in [-0.2, -0.15) is 0 Å². The lowest BCUT2D eigenvalue weighted by Crippen LogP contribution is -2.42. The average Bonchev–Trinajstić information content (AvgIpc) is 3.39. The summed E-state index contributed by atoms with van der Waals surface area (Å²) in [4.78, 5) is 33.2. The smallest absolute Gasteiger partial charge is 0.326 e. The number of thiazole rings is 1. The first-order chi connectivity index (χ1) is 20.0. The number of amides is 1. The zero-order chi connectivity index (χ0) is 28.6. The molecule has 0 radical (unpaired) electrons. The summed E-state index contributed by atoms with van der Waals surface area (Å²) in [6.45, 7) is 3.38. The number of carbonyl (C=O) groups excluding carboxylic acids is 1. The number of aryl methyl sites for hydroxylation is 1. The third-order valence-electron chi connectivity index (χ3n) is 6.79. The highest BCUT2D eigenvalue weighted by Gasteiger charge is 2.22. The van der Waals surface area contributed by atoms with Gasteiger partial charge in [0.1, 0.15) is 6.04 Å². The molecule has 5 aromatic rings. The Hall–Kier alpha value is -4.75. The number of nitrogens with one attached hydrogen (secondary N) is 1. The van der Waals surface area contributed by atoms with Gasteiger partial charge in [0.15, 0.2) is 5.13 Å². The van der Waals surface area contributed by atoms with Crippen molar-refractivity contribution in [1.29, 1.82) is 0 Å². The van der Waals surface area contributed by atoms with E-state index in [0.717, 1.165) is 32.4 Å². The third-order valence-corrected chi connectivity index (χ3v) is 7.83. The van der Waals surface area contributed by atoms with Crippen molar-refractivity contribution in [2.45, 2.75) is 32.5 Å². The molecule has 0 aliphatic rings. The Morgan fingerprint density at radius 2 is 1.32 bits per heavy atom. The molecular weight excluding hydrogens is 530 g/mol. The molecule has 0 aliphatic carbocycles. The van der Waals surface area contributed by atoms with Gasteiger partial charge in [-0.1, -0.05) is 103 Å². The first kappa shape index (κ1) is 27.8. The van der Waals surface area contributed by atoms with Gasteiger partial charge in [-0.25, -0.2) is 9.78 Å². The number of rotatable bonds is 11. The van der Waals surface area contributed by atoms with Crippen molar-refractivity contribution in [3.05, 3.63) is 142 Å². The number of carboxylic acids is 1. The maximum absolute atomic E-state index is 12.9. The molecule has 1 amide bonds. The van der Waals surface area contributed by atoms with Crippen molar-refractivity contribution in [2.24, 2.45) is 0 Å². The lowest BCUT2D eigenvalue weighted by Gasteiger charge is -2.22. The van der Waals surface area contributed by atoms with Crippen LogP contribution < -0.4 is 10.2 Å². The zero-order valence-electron chi connectivity index (χ0n) is 22.7.